The van der Waals surface area contributed by atoms with Gasteiger partial charge >= 0.3 is 0 Å². The predicted octanol–water partition coefficient (Wildman–Crippen LogP) is 3.09. The summed E-state index contributed by atoms with van der Waals surface area (Å²) in [6.07, 6.45) is 3.06. The van der Waals surface area contributed by atoms with Gasteiger partial charge in [-0.05, 0) is 61.2 Å². The fraction of sp³-hybridized carbons (Fsp3) is 0.500. The molecule has 0 radical (unpaired) electrons. The van der Waals surface area contributed by atoms with Gasteiger partial charge in [0.1, 0.15) is 12.7 Å². The van der Waals surface area contributed by atoms with E-state index in [0.717, 1.165) is 39.1 Å². The molecule has 1 fully saturated rings. The van der Waals surface area contributed by atoms with Crippen molar-refractivity contribution in [3.05, 3.63) is 59.2 Å². The minimum absolute atomic E-state index is 0.285. The van der Waals surface area contributed by atoms with Crippen LogP contribution in [0.25, 0.3) is 0 Å². The largest absolute Gasteiger partial charge is 0.493 e. The van der Waals surface area contributed by atoms with Gasteiger partial charge in [0.25, 0.3) is 0 Å². The fourth-order valence-corrected chi connectivity index (χ4v) is 4.38. The standard InChI is InChI=1S/C24H32N2O3/c1-28-23-9-8-19(15-26-13-10-20-6-2-3-7-21(20)16-26)14-24(23)29-18-22(27)17-25-11-4-5-12-25/h2-3,6-9,14,22,27H,4-5,10-13,15-18H2,1H3/t22-/m0/s1. The fourth-order valence-electron chi connectivity index (χ4n) is 4.38. The Labute approximate surface area is 173 Å². The van der Waals surface area contributed by atoms with Gasteiger partial charge < -0.3 is 19.5 Å². The molecule has 0 unspecified atom stereocenters. The number of β-amino-alcohol motifs (C(OH)–C–C–N with tert-alkyl or cyclic N) is 1. The summed E-state index contributed by atoms with van der Waals surface area (Å²) >= 11 is 0. The highest BCUT2D eigenvalue weighted by Crippen LogP contribution is 2.29. The maximum Gasteiger partial charge on any atom is 0.161 e. The van der Waals surface area contributed by atoms with Crippen molar-refractivity contribution < 1.29 is 14.6 Å². The number of aliphatic hydroxyl groups excluding tert-OH is 1. The maximum atomic E-state index is 10.3. The predicted molar refractivity (Wildman–Crippen MR) is 114 cm³/mol. The molecule has 0 bridgehead atoms. The SMILES string of the molecule is COc1ccc(CN2CCc3ccccc3C2)cc1OC[C@@H](O)CN1CCCC1. The van der Waals surface area contributed by atoms with Crippen LogP contribution in [0.5, 0.6) is 11.5 Å². The van der Waals surface area contributed by atoms with Crippen LogP contribution in [-0.4, -0.2) is 60.9 Å². The normalized spacial score (nSPS) is 18.4. The highest BCUT2D eigenvalue weighted by Gasteiger charge is 2.18. The van der Waals surface area contributed by atoms with E-state index in [4.69, 9.17) is 9.47 Å². The Bertz CT molecular complexity index is 804. The molecular weight excluding hydrogens is 364 g/mol. The van der Waals surface area contributed by atoms with Crippen LogP contribution < -0.4 is 9.47 Å². The van der Waals surface area contributed by atoms with E-state index in [2.05, 4.69) is 46.2 Å². The second-order valence-electron chi connectivity index (χ2n) is 8.19. The maximum absolute atomic E-state index is 10.3. The Kier molecular flexibility index (Phi) is 6.70. The Hall–Kier alpha value is -2.08. The van der Waals surface area contributed by atoms with Crippen molar-refractivity contribution in [1.29, 1.82) is 0 Å². The summed E-state index contributed by atoms with van der Waals surface area (Å²) in [5.74, 6) is 1.42. The second kappa shape index (κ2) is 9.61. The molecule has 29 heavy (non-hydrogen) atoms. The van der Waals surface area contributed by atoms with Crippen molar-refractivity contribution >= 4 is 0 Å². The number of benzene rings is 2. The summed E-state index contributed by atoms with van der Waals surface area (Å²) in [5.41, 5.74) is 4.09. The minimum atomic E-state index is -0.486. The molecule has 5 nitrogen and oxygen atoms in total. The third-order valence-corrected chi connectivity index (χ3v) is 5.94. The molecule has 5 heteroatoms. The highest BCUT2D eigenvalue weighted by atomic mass is 16.5. The van der Waals surface area contributed by atoms with Gasteiger partial charge in [0, 0.05) is 26.2 Å². The number of rotatable bonds is 8. The number of ether oxygens (including phenoxy) is 2. The molecule has 2 heterocycles. The quantitative estimate of drug-likeness (QED) is 0.743. The number of methoxy groups -OCH3 is 1. The van der Waals surface area contributed by atoms with Gasteiger partial charge in [-0.25, -0.2) is 0 Å². The molecule has 2 aliphatic rings. The summed E-state index contributed by atoms with van der Waals surface area (Å²) < 4.78 is 11.4. The monoisotopic (exact) mass is 396 g/mol. The Morgan fingerprint density at radius 2 is 1.76 bits per heavy atom. The van der Waals surface area contributed by atoms with Gasteiger partial charge in [0.2, 0.25) is 0 Å². The lowest BCUT2D eigenvalue weighted by molar-refractivity contribution is 0.0746. The first-order valence-corrected chi connectivity index (χ1v) is 10.7. The van der Waals surface area contributed by atoms with Crippen LogP contribution in [0, 0.1) is 0 Å². The van der Waals surface area contributed by atoms with Gasteiger partial charge in [0.15, 0.2) is 11.5 Å². The van der Waals surface area contributed by atoms with E-state index in [1.807, 2.05) is 6.07 Å². The van der Waals surface area contributed by atoms with E-state index < -0.39 is 6.10 Å². The molecule has 0 aromatic heterocycles. The lowest BCUT2D eigenvalue weighted by Gasteiger charge is -2.29. The van der Waals surface area contributed by atoms with Crippen molar-refractivity contribution in [2.24, 2.45) is 0 Å². The zero-order valence-corrected chi connectivity index (χ0v) is 17.3. The molecule has 1 saturated heterocycles. The number of fused-ring (bicyclic) bond motifs is 1. The van der Waals surface area contributed by atoms with Gasteiger partial charge in [-0.2, -0.15) is 0 Å². The van der Waals surface area contributed by atoms with Gasteiger partial charge in [-0.3, -0.25) is 4.90 Å². The average Bonchev–Trinajstić information content (AvgIpc) is 3.25. The third-order valence-electron chi connectivity index (χ3n) is 5.94. The zero-order chi connectivity index (χ0) is 20.1. The molecule has 1 N–H and O–H groups in total. The summed E-state index contributed by atoms with van der Waals surface area (Å²) in [7, 11) is 1.66. The summed E-state index contributed by atoms with van der Waals surface area (Å²) in [6.45, 7) is 6.04. The molecule has 0 saturated carbocycles. The molecule has 1 atom stereocenters. The second-order valence-corrected chi connectivity index (χ2v) is 8.19. The molecule has 0 amide bonds. The van der Waals surface area contributed by atoms with Crippen molar-refractivity contribution in [2.45, 2.75) is 38.5 Å². The van der Waals surface area contributed by atoms with E-state index in [1.165, 1.54) is 29.5 Å². The lowest BCUT2D eigenvalue weighted by atomic mass is 9.99. The van der Waals surface area contributed by atoms with Crippen molar-refractivity contribution in [3.8, 4) is 11.5 Å². The Morgan fingerprint density at radius 3 is 2.55 bits per heavy atom. The molecule has 0 aliphatic carbocycles. The van der Waals surface area contributed by atoms with E-state index in [9.17, 15) is 5.11 Å². The number of hydrogen-bond donors (Lipinski definition) is 1. The van der Waals surface area contributed by atoms with Crippen LogP contribution in [0.3, 0.4) is 0 Å². The Morgan fingerprint density at radius 1 is 0.966 bits per heavy atom. The van der Waals surface area contributed by atoms with Gasteiger partial charge in [-0.15, -0.1) is 0 Å². The third kappa shape index (κ3) is 5.30. The summed E-state index contributed by atoms with van der Waals surface area (Å²) in [6, 6.07) is 14.8. The minimum Gasteiger partial charge on any atom is -0.493 e. The highest BCUT2D eigenvalue weighted by molar-refractivity contribution is 5.43. The molecule has 0 spiro atoms. The van der Waals surface area contributed by atoms with E-state index in [-0.39, 0.29) is 6.61 Å². The first-order chi connectivity index (χ1) is 14.2. The molecule has 4 rings (SSSR count). The van der Waals surface area contributed by atoms with Crippen LogP contribution in [0.1, 0.15) is 29.5 Å². The number of nitrogens with zero attached hydrogens (tertiary/aromatic N) is 2. The van der Waals surface area contributed by atoms with Crippen molar-refractivity contribution in [1.82, 2.24) is 9.80 Å². The van der Waals surface area contributed by atoms with Crippen LogP contribution in [0.2, 0.25) is 0 Å². The topological polar surface area (TPSA) is 45.2 Å². The van der Waals surface area contributed by atoms with Crippen molar-refractivity contribution in [3.63, 3.8) is 0 Å². The summed E-state index contributed by atoms with van der Waals surface area (Å²) in [4.78, 5) is 4.77. The van der Waals surface area contributed by atoms with E-state index >= 15 is 0 Å². The zero-order valence-electron chi connectivity index (χ0n) is 17.3. The number of likely N-dealkylation sites (tertiary alicyclic amines) is 1. The lowest BCUT2D eigenvalue weighted by Crippen LogP contribution is -2.33. The van der Waals surface area contributed by atoms with E-state index in [1.54, 1.807) is 7.11 Å². The number of aliphatic hydroxyl groups is 1. The average molecular weight is 397 g/mol. The van der Waals surface area contributed by atoms with Crippen LogP contribution in [0.4, 0.5) is 0 Å². The van der Waals surface area contributed by atoms with Crippen molar-refractivity contribution in [2.75, 3.05) is 39.9 Å². The van der Waals surface area contributed by atoms with Crippen LogP contribution in [0.15, 0.2) is 42.5 Å². The van der Waals surface area contributed by atoms with Gasteiger partial charge in [-0.1, -0.05) is 30.3 Å². The Balaban J connectivity index is 1.36. The molecule has 2 aromatic carbocycles. The molecule has 2 aliphatic heterocycles. The van der Waals surface area contributed by atoms with Crippen LogP contribution >= 0.6 is 0 Å². The van der Waals surface area contributed by atoms with E-state index in [0.29, 0.717) is 18.0 Å². The molecular formula is C24H32N2O3. The summed E-state index contributed by atoms with van der Waals surface area (Å²) in [5, 5.41) is 10.3. The van der Waals surface area contributed by atoms with Gasteiger partial charge in [0.05, 0.1) is 7.11 Å². The van der Waals surface area contributed by atoms with Crippen LogP contribution in [-0.2, 0) is 19.5 Å². The first kappa shape index (κ1) is 20.2. The first-order valence-electron chi connectivity index (χ1n) is 10.7. The molecule has 156 valence electrons. The smallest absolute Gasteiger partial charge is 0.161 e. The number of hydrogen-bond acceptors (Lipinski definition) is 5. The molecule has 2 aromatic rings.